The molecule has 24 heavy (non-hydrogen) atoms. The second-order valence-corrected chi connectivity index (χ2v) is 5.76. The lowest BCUT2D eigenvalue weighted by Crippen LogP contribution is -2.36. The number of carbonyl (C=O) groups excluding carboxylic acids is 1. The Kier molecular flexibility index (Phi) is 5.52. The van der Waals surface area contributed by atoms with Crippen LogP contribution in [0.3, 0.4) is 0 Å². The minimum atomic E-state index is -0.490. The Bertz CT molecular complexity index is 741. The second kappa shape index (κ2) is 7.59. The van der Waals surface area contributed by atoms with Gasteiger partial charge in [-0.3, -0.25) is 14.9 Å². The molecule has 1 atom stereocenters. The van der Waals surface area contributed by atoms with E-state index >= 15 is 0 Å². The lowest BCUT2D eigenvalue weighted by Gasteiger charge is -2.15. The number of hydrogen-bond acceptors (Lipinski definition) is 4. The summed E-state index contributed by atoms with van der Waals surface area (Å²) in [7, 11) is 0. The first-order chi connectivity index (χ1) is 11.4. The number of benzene rings is 2. The first-order valence-corrected chi connectivity index (χ1v) is 7.62. The van der Waals surface area contributed by atoms with Gasteiger partial charge in [0.25, 0.3) is 11.6 Å². The van der Waals surface area contributed by atoms with Crippen molar-refractivity contribution in [3.8, 4) is 5.75 Å². The van der Waals surface area contributed by atoms with E-state index in [9.17, 15) is 14.9 Å². The van der Waals surface area contributed by atoms with E-state index in [0.29, 0.717) is 12.2 Å². The molecule has 0 fully saturated rings. The molecule has 126 valence electrons. The quantitative estimate of drug-likeness (QED) is 0.651. The van der Waals surface area contributed by atoms with Crippen LogP contribution in [-0.2, 0) is 0 Å². The van der Waals surface area contributed by atoms with Crippen LogP contribution in [0, 0.1) is 24.0 Å². The molecule has 6 heteroatoms. The molecule has 0 saturated heterocycles. The average Bonchev–Trinajstić information content (AvgIpc) is 2.54. The number of ether oxygens (including phenoxy) is 1. The summed E-state index contributed by atoms with van der Waals surface area (Å²) in [5, 5.41) is 13.7. The largest absolute Gasteiger partial charge is 0.491 e. The van der Waals surface area contributed by atoms with Crippen LogP contribution < -0.4 is 10.1 Å². The molecular weight excluding hydrogens is 308 g/mol. The van der Waals surface area contributed by atoms with Crippen LogP contribution in [0.15, 0.2) is 42.5 Å². The predicted molar refractivity (Wildman–Crippen MR) is 91.4 cm³/mol. The highest BCUT2D eigenvalue weighted by atomic mass is 16.6. The SMILES string of the molecule is Cc1ccc(OCC(C)NC(=O)c2ccc(C)c([N+](=O)[O-])c2)cc1. The zero-order chi connectivity index (χ0) is 17.7. The molecule has 2 aromatic carbocycles. The number of amides is 1. The molecule has 0 bridgehead atoms. The Balaban J connectivity index is 1.95. The van der Waals surface area contributed by atoms with Crippen molar-refractivity contribution in [1.29, 1.82) is 0 Å². The Labute approximate surface area is 140 Å². The molecule has 0 aliphatic rings. The van der Waals surface area contributed by atoms with Gasteiger partial charge in [-0.15, -0.1) is 0 Å². The lowest BCUT2D eigenvalue weighted by atomic mass is 10.1. The summed E-state index contributed by atoms with van der Waals surface area (Å²) in [5.74, 6) is 0.366. The van der Waals surface area contributed by atoms with Gasteiger partial charge in [-0.25, -0.2) is 0 Å². The van der Waals surface area contributed by atoms with Gasteiger partial charge in [-0.05, 0) is 39.0 Å². The number of nitro benzene ring substituents is 1. The van der Waals surface area contributed by atoms with Crippen molar-refractivity contribution < 1.29 is 14.5 Å². The fourth-order valence-electron chi connectivity index (χ4n) is 2.15. The van der Waals surface area contributed by atoms with Crippen LogP contribution in [-0.4, -0.2) is 23.5 Å². The third kappa shape index (κ3) is 4.55. The normalized spacial score (nSPS) is 11.6. The molecule has 0 aromatic heterocycles. The monoisotopic (exact) mass is 328 g/mol. The van der Waals surface area contributed by atoms with Gasteiger partial charge in [-0.2, -0.15) is 0 Å². The second-order valence-electron chi connectivity index (χ2n) is 5.76. The summed E-state index contributed by atoms with van der Waals surface area (Å²) in [5.41, 5.74) is 1.86. The van der Waals surface area contributed by atoms with E-state index in [1.807, 2.05) is 38.1 Å². The Hall–Kier alpha value is -2.89. The van der Waals surface area contributed by atoms with Gasteiger partial charge in [0, 0.05) is 17.2 Å². The molecule has 1 unspecified atom stereocenters. The van der Waals surface area contributed by atoms with E-state index in [2.05, 4.69) is 5.32 Å². The van der Waals surface area contributed by atoms with Crippen LogP contribution in [0.4, 0.5) is 5.69 Å². The van der Waals surface area contributed by atoms with Crippen LogP contribution in [0.2, 0.25) is 0 Å². The van der Waals surface area contributed by atoms with Crippen LogP contribution in [0.1, 0.15) is 28.4 Å². The number of carbonyl (C=O) groups is 1. The molecular formula is C18H20N2O4. The fourth-order valence-corrected chi connectivity index (χ4v) is 2.15. The predicted octanol–water partition coefficient (Wildman–Crippen LogP) is 3.41. The Morgan fingerprint density at radius 1 is 1.21 bits per heavy atom. The van der Waals surface area contributed by atoms with Gasteiger partial charge >= 0.3 is 0 Å². The summed E-state index contributed by atoms with van der Waals surface area (Å²) in [6.07, 6.45) is 0. The van der Waals surface area contributed by atoms with Gasteiger partial charge in [0.1, 0.15) is 12.4 Å². The van der Waals surface area contributed by atoms with Crippen molar-refractivity contribution in [2.24, 2.45) is 0 Å². The van der Waals surface area contributed by atoms with E-state index in [1.165, 1.54) is 6.07 Å². The average molecular weight is 328 g/mol. The Morgan fingerprint density at radius 2 is 1.88 bits per heavy atom. The van der Waals surface area contributed by atoms with Crippen LogP contribution in [0.5, 0.6) is 5.75 Å². The van der Waals surface area contributed by atoms with Gasteiger partial charge in [0.2, 0.25) is 0 Å². The van der Waals surface area contributed by atoms with E-state index in [-0.39, 0.29) is 23.2 Å². The number of nitro groups is 1. The number of aryl methyl sites for hydroxylation is 2. The van der Waals surface area contributed by atoms with E-state index in [0.717, 1.165) is 11.3 Å². The first kappa shape index (κ1) is 17.5. The summed E-state index contributed by atoms with van der Waals surface area (Å²) in [4.78, 5) is 22.7. The Morgan fingerprint density at radius 3 is 2.50 bits per heavy atom. The van der Waals surface area contributed by atoms with Crippen LogP contribution >= 0.6 is 0 Å². The number of hydrogen-bond donors (Lipinski definition) is 1. The molecule has 6 nitrogen and oxygen atoms in total. The number of rotatable bonds is 6. The zero-order valence-electron chi connectivity index (χ0n) is 13.9. The summed E-state index contributed by atoms with van der Waals surface area (Å²) < 4.78 is 5.62. The highest BCUT2D eigenvalue weighted by molar-refractivity contribution is 5.95. The van der Waals surface area contributed by atoms with Crippen molar-refractivity contribution in [2.75, 3.05) is 6.61 Å². The van der Waals surface area contributed by atoms with Gasteiger partial charge in [0.15, 0.2) is 0 Å². The molecule has 0 radical (unpaired) electrons. The zero-order valence-corrected chi connectivity index (χ0v) is 13.9. The lowest BCUT2D eigenvalue weighted by molar-refractivity contribution is -0.385. The summed E-state index contributed by atoms with van der Waals surface area (Å²) in [6, 6.07) is 11.8. The minimum absolute atomic E-state index is 0.0637. The molecule has 0 spiro atoms. The maximum atomic E-state index is 12.2. The van der Waals surface area contributed by atoms with Crippen molar-refractivity contribution in [3.63, 3.8) is 0 Å². The molecule has 0 saturated carbocycles. The molecule has 0 aliphatic carbocycles. The van der Waals surface area contributed by atoms with Crippen molar-refractivity contribution in [2.45, 2.75) is 26.8 Å². The molecule has 0 aliphatic heterocycles. The van der Waals surface area contributed by atoms with E-state index < -0.39 is 4.92 Å². The fraction of sp³-hybridized carbons (Fsp3) is 0.278. The van der Waals surface area contributed by atoms with E-state index in [1.54, 1.807) is 19.1 Å². The summed E-state index contributed by atoms with van der Waals surface area (Å²) in [6.45, 7) is 5.75. The molecule has 2 aromatic rings. The van der Waals surface area contributed by atoms with Crippen LogP contribution in [0.25, 0.3) is 0 Å². The third-order valence-electron chi connectivity index (χ3n) is 3.57. The van der Waals surface area contributed by atoms with Gasteiger partial charge in [-0.1, -0.05) is 23.8 Å². The van der Waals surface area contributed by atoms with Crippen molar-refractivity contribution >= 4 is 11.6 Å². The van der Waals surface area contributed by atoms with Gasteiger partial charge in [0.05, 0.1) is 11.0 Å². The smallest absolute Gasteiger partial charge is 0.273 e. The molecule has 2 rings (SSSR count). The topological polar surface area (TPSA) is 81.5 Å². The van der Waals surface area contributed by atoms with E-state index in [4.69, 9.17) is 4.74 Å². The maximum Gasteiger partial charge on any atom is 0.273 e. The number of nitrogens with zero attached hydrogens (tertiary/aromatic N) is 1. The van der Waals surface area contributed by atoms with Crippen molar-refractivity contribution in [1.82, 2.24) is 5.32 Å². The van der Waals surface area contributed by atoms with Crippen molar-refractivity contribution in [3.05, 3.63) is 69.3 Å². The molecule has 1 N–H and O–H groups in total. The standard InChI is InChI=1S/C18H20N2O4/c1-12-4-8-16(9-5-12)24-11-14(3)19-18(21)15-7-6-13(2)17(10-15)20(22)23/h4-10,14H,11H2,1-3H3,(H,19,21). The third-order valence-corrected chi connectivity index (χ3v) is 3.57. The summed E-state index contributed by atoms with van der Waals surface area (Å²) >= 11 is 0. The number of nitrogens with one attached hydrogen (secondary N) is 1. The highest BCUT2D eigenvalue weighted by Crippen LogP contribution is 2.19. The molecule has 0 heterocycles. The van der Waals surface area contributed by atoms with Gasteiger partial charge < -0.3 is 10.1 Å². The minimum Gasteiger partial charge on any atom is -0.491 e. The molecule has 1 amide bonds. The highest BCUT2D eigenvalue weighted by Gasteiger charge is 2.16. The first-order valence-electron chi connectivity index (χ1n) is 7.62. The maximum absolute atomic E-state index is 12.2.